The highest BCUT2D eigenvalue weighted by Gasteiger charge is 2.39. The Labute approximate surface area is 190 Å². The van der Waals surface area contributed by atoms with E-state index in [4.69, 9.17) is 0 Å². The SMILES string of the molecule is C=CC1CCCCN1C(=O)c1cn(-c2ccc3c(c2)CN(C2CCC(=O)NC2=O)C3=O)nn1. The highest BCUT2D eigenvalue weighted by molar-refractivity contribution is 6.05. The molecule has 0 bridgehead atoms. The van der Waals surface area contributed by atoms with Crippen LogP contribution in [0.25, 0.3) is 5.69 Å². The van der Waals surface area contributed by atoms with Crippen LogP contribution in [0.5, 0.6) is 0 Å². The molecule has 3 aliphatic heterocycles. The van der Waals surface area contributed by atoms with Crippen LogP contribution >= 0.6 is 0 Å². The number of rotatable bonds is 4. The van der Waals surface area contributed by atoms with Crippen molar-refractivity contribution in [3.63, 3.8) is 0 Å². The highest BCUT2D eigenvalue weighted by Crippen LogP contribution is 2.29. The van der Waals surface area contributed by atoms with Gasteiger partial charge >= 0.3 is 0 Å². The van der Waals surface area contributed by atoms with Gasteiger partial charge in [-0.25, -0.2) is 4.68 Å². The molecule has 33 heavy (non-hydrogen) atoms. The average molecular weight is 448 g/mol. The van der Waals surface area contributed by atoms with E-state index in [1.165, 1.54) is 9.58 Å². The number of carbonyl (C=O) groups is 4. The van der Waals surface area contributed by atoms with Gasteiger partial charge in [-0.05, 0) is 49.4 Å². The Morgan fingerprint density at radius 2 is 2.03 bits per heavy atom. The third-order valence-electron chi connectivity index (χ3n) is 6.57. The van der Waals surface area contributed by atoms with Crippen molar-refractivity contribution in [3.05, 3.63) is 53.9 Å². The maximum absolute atomic E-state index is 13.0. The number of aromatic nitrogens is 3. The fourth-order valence-electron chi connectivity index (χ4n) is 4.79. The van der Waals surface area contributed by atoms with Crippen LogP contribution in [-0.2, 0) is 16.1 Å². The molecule has 2 saturated heterocycles. The van der Waals surface area contributed by atoms with Crippen molar-refractivity contribution in [3.8, 4) is 5.69 Å². The number of imide groups is 1. The molecule has 1 aromatic heterocycles. The minimum absolute atomic E-state index is 0.000621. The molecule has 1 N–H and O–H groups in total. The summed E-state index contributed by atoms with van der Waals surface area (Å²) in [5.41, 5.74) is 2.19. The summed E-state index contributed by atoms with van der Waals surface area (Å²) in [6, 6.07) is 4.58. The van der Waals surface area contributed by atoms with Gasteiger partial charge in [0.25, 0.3) is 11.8 Å². The van der Waals surface area contributed by atoms with Crippen molar-refractivity contribution in [2.45, 2.75) is 50.7 Å². The number of likely N-dealkylation sites (tertiary alicyclic amines) is 1. The Balaban J connectivity index is 1.35. The van der Waals surface area contributed by atoms with Gasteiger partial charge in [-0.3, -0.25) is 24.5 Å². The molecule has 0 saturated carbocycles. The summed E-state index contributed by atoms with van der Waals surface area (Å²) in [6.45, 7) is 4.78. The molecule has 0 radical (unpaired) electrons. The highest BCUT2D eigenvalue weighted by atomic mass is 16.2. The molecule has 3 aliphatic rings. The Kier molecular flexibility index (Phi) is 5.27. The summed E-state index contributed by atoms with van der Waals surface area (Å²) in [5, 5.41) is 10.5. The fourth-order valence-corrected chi connectivity index (χ4v) is 4.79. The molecule has 2 atom stereocenters. The topological polar surface area (TPSA) is 118 Å². The predicted molar refractivity (Wildman–Crippen MR) is 116 cm³/mol. The molecule has 5 rings (SSSR count). The summed E-state index contributed by atoms with van der Waals surface area (Å²) >= 11 is 0. The number of carbonyl (C=O) groups excluding carboxylic acids is 4. The largest absolute Gasteiger partial charge is 0.331 e. The normalized spacial score (nSPS) is 22.8. The van der Waals surface area contributed by atoms with Gasteiger partial charge in [0.1, 0.15) is 6.04 Å². The number of hydrogen-bond acceptors (Lipinski definition) is 6. The van der Waals surface area contributed by atoms with Crippen molar-refractivity contribution in [1.29, 1.82) is 0 Å². The first-order chi connectivity index (χ1) is 16.0. The van der Waals surface area contributed by atoms with E-state index in [0.717, 1.165) is 24.8 Å². The first kappa shape index (κ1) is 21.0. The van der Waals surface area contributed by atoms with Gasteiger partial charge < -0.3 is 9.80 Å². The second kappa shape index (κ2) is 8.27. The Bertz CT molecular complexity index is 1170. The lowest BCUT2D eigenvalue weighted by Crippen LogP contribution is -2.52. The third kappa shape index (κ3) is 3.71. The zero-order valence-electron chi connectivity index (χ0n) is 18.1. The number of nitrogens with one attached hydrogen (secondary N) is 1. The maximum atomic E-state index is 13.0. The molecule has 1 aromatic carbocycles. The van der Waals surface area contributed by atoms with Crippen molar-refractivity contribution >= 4 is 23.6 Å². The van der Waals surface area contributed by atoms with Gasteiger partial charge in [0, 0.05) is 25.1 Å². The minimum Gasteiger partial charge on any atom is -0.331 e. The van der Waals surface area contributed by atoms with Gasteiger partial charge in [0.05, 0.1) is 17.9 Å². The Hall–Kier alpha value is -3.82. The zero-order valence-corrected chi connectivity index (χ0v) is 18.1. The minimum atomic E-state index is -0.663. The predicted octanol–water partition coefficient (Wildman–Crippen LogP) is 1.21. The fraction of sp³-hybridized carbons (Fsp3) is 0.391. The number of nitrogens with zero attached hydrogens (tertiary/aromatic N) is 5. The van der Waals surface area contributed by atoms with Crippen molar-refractivity contribution < 1.29 is 19.2 Å². The van der Waals surface area contributed by atoms with E-state index in [1.807, 2.05) is 6.07 Å². The summed E-state index contributed by atoms with van der Waals surface area (Å²) < 4.78 is 1.51. The third-order valence-corrected chi connectivity index (χ3v) is 6.57. The standard InChI is InChI=1S/C23H24N6O4/c1-2-15-5-3-4-10-27(15)23(33)18-13-29(26-25-18)16-6-7-17-14(11-16)12-28(22(17)32)19-8-9-20(30)24-21(19)31/h2,6-7,11,13,15,19H,1,3-5,8-10,12H2,(H,24,30,31). The Morgan fingerprint density at radius 3 is 2.82 bits per heavy atom. The van der Waals surface area contributed by atoms with E-state index in [1.54, 1.807) is 29.3 Å². The Morgan fingerprint density at radius 1 is 1.18 bits per heavy atom. The molecule has 2 aromatic rings. The molecule has 2 unspecified atom stereocenters. The van der Waals surface area contributed by atoms with Crippen molar-refractivity contribution in [2.75, 3.05) is 6.54 Å². The van der Waals surface area contributed by atoms with E-state index in [-0.39, 0.29) is 42.4 Å². The average Bonchev–Trinajstić information content (AvgIpc) is 3.44. The monoisotopic (exact) mass is 448 g/mol. The molecule has 4 heterocycles. The van der Waals surface area contributed by atoms with E-state index in [2.05, 4.69) is 22.2 Å². The number of benzene rings is 1. The van der Waals surface area contributed by atoms with E-state index in [0.29, 0.717) is 24.2 Å². The number of fused-ring (bicyclic) bond motifs is 1. The first-order valence-electron chi connectivity index (χ1n) is 11.1. The van der Waals surface area contributed by atoms with Crippen LogP contribution in [0.3, 0.4) is 0 Å². The van der Waals surface area contributed by atoms with E-state index >= 15 is 0 Å². The van der Waals surface area contributed by atoms with Gasteiger partial charge in [0.2, 0.25) is 11.8 Å². The smallest absolute Gasteiger partial charge is 0.276 e. The molecule has 170 valence electrons. The maximum Gasteiger partial charge on any atom is 0.276 e. The van der Waals surface area contributed by atoms with E-state index < -0.39 is 11.9 Å². The van der Waals surface area contributed by atoms with Crippen molar-refractivity contribution in [1.82, 2.24) is 30.1 Å². The lowest BCUT2D eigenvalue weighted by molar-refractivity contribution is -0.136. The molecule has 10 heteroatoms. The lowest BCUT2D eigenvalue weighted by atomic mass is 10.0. The molecule has 0 aliphatic carbocycles. The van der Waals surface area contributed by atoms with Gasteiger partial charge in [-0.2, -0.15) is 0 Å². The van der Waals surface area contributed by atoms with Crippen LogP contribution in [0.2, 0.25) is 0 Å². The van der Waals surface area contributed by atoms with Crippen LogP contribution in [0.4, 0.5) is 0 Å². The molecule has 2 fully saturated rings. The molecular formula is C23H24N6O4. The quantitative estimate of drug-likeness (QED) is 0.555. The second-order valence-electron chi connectivity index (χ2n) is 8.59. The van der Waals surface area contributed by atoms with Gasteiger partial charge in [-0.1, -0.05) is 11.3 Å². The number of amides is 4. The van der Waals surface area contributed by atoms with Crippen LogP contribution in [-0.4, -0.2) is 67.1 Å². The number of hydrogen-bond donors (Lipinski definition) is 1. The van der Waals surface area contributed by atoms with Crippen LogP contribution in [0, 0.1) is 0 Å². The molecule has 10 nitrogen and oxygen atoms in total. The molecule has 0 spiro atoms. The van der Waals surface area contributed by atoms with Crippen LogP contribution in [0.15, 0.2) is 37.1 Å². The van der Waals surface area contributed by atoms with E-state index in [9.17, 15) is 19.2 Å². The first-order valence-corrected chi connectivity index (χ1v) is 11.1. The van der Waals surface area contributed by atoms with Crippen molar-refractivity contribution in [2.24, 2.45) is 0 Å². The molecular weight excluding hydrogens is 424 g/mol. The van der Waals surface area contributed by atoms with Crippen LogP contribution in [0.1, 0.15) is 58.5 Å². The summed E-state index contributed by atoms with van der Waals surface area (Å²) in [7, 11) is 0. The second-order valence-corrected chi connectivity index (χ2v) is 8.59. The van der Waals surface area contributed by atoms with Crippen LogP contribution < -0.4 is 5.32 Å². The number of piperidine rings is 2. The summed E-state index contributed by atoms with van der Waals surface area (Å²) in [4.78, 5) is 52.8. The summed E-state index contributed by atoms with van der Waals surface area (Å²) in [6.07, 6.45) is 6.82. The summed E-state index contributed by atoms with van der Waals surface area (Å²) in [5.74, 6) is -1.17. The molecule has 4 amide bonds. The van der Waals surface area contributed by atoms with Gasteiger partial charge in [-0.15, -0.1) is 11.7 Å². The zero-order chi connectivity index (χ0) is 23.1. The van der Waals surface area contributed by atoms with Gasteiger partial charge in [0.15, 0.2) is 5.69 Å². The lowest BCUT2D eigenvalue weighted by Gasteiger charge is -2.33.